The largest absolute Gasteiger partial charge is 0.352 e. The van der Waals surface area contributed by atoms with Crippen molar-refractivity contribution in [1.82, 2.24) is 29.4 Å². The van der Waals surface area contributed by atoms with Crippen LogP contribution in [0.15, 0.2) is 27.8 Å². The summed E-state index contributed by atoms with van der Waals surface area (Å²) in [6, 6.07) is 4.89. The van der Waals surface area contributed by atoms with Crippen LogP contribution in [0.3, 0.4) is 0 Å². The maximum absolute atomic E-state index is 13.3. The van der Waals surface area contributed by atoms with Crippen molar-refractivity contribution in [3.05, 3.63) is 44.6 Å². The number of rotatable bonds is 8. The topological polar surface area (TPSA) is 120 Å². The lowest BCUT2D eigenvalue weighted by atomic mass is 10.1. The number of carbonyl (C=O) groups excluding carboxylic acids is 2. The van der Waals surface area contributed by atoms with E-state index in [1.165, 1.54) is 8.97 Å². The van der Waals surface area contributed by atoms with E-state index in [1.807, 2.05) is 20.8 Å². The van der Waals surface area contributed by atoms with Crippen molar-refractivity contribution in [3.63, 3.8) is 0 Å². The third-order valence-corrected chi connectivity index (χ3v) is 6.49. The Balaban J connectivity index is 1.82. The number of benzene rings is 1. The summed E-state index contributed by atoms with van der Waals surface area (Å²) in [5, 5.41) is 10.5. The van der Waals surface area contributed by atoms with Gasteiger partial charge in [-0.1, -0.05) is 26.7 Å². The first-order valence-electron chi connectivity index (χ1n) is 12.1. The molecule has 2 aromatic heterocycles. The highest BCUT2D eigenvalue weighted by Crippen LogP contribution is 2.19. The van der Waals surface area contributed by atoms with Gasteiger partial charge in [0.25, 0.3) is 11.5 Å². The molecular weight excluding hydrogens is 436 g/mol. The number of nitrogens with one attached hydrogen (secondary N) is 2. The fraction of sp³-hybridized carbons (Fsp3) is 0.542. The second kappa shape index (κ2) is 9.82. The van der Waals surface area contributed by atoms with E-state index >= 15 is 0 Å². The van der Waals surface area contributed by atoms with Gasteiger partial charge in [0.2, 0.25) is 11.7 Å². The van der Waals surface area contributed by atoms with Crippen LogP contribution < -0.4 is 21.9 Å². The van der Waals surface area contributed by atoms with Crippen LogP contribution in [0.25, 0.3) is 16.7 Å². The molecule has 4 rings (SSSR count). The Kier molecular flexibility index (Phi) is 6.85. The van der Waals surface area contributed by atoms with Gasteiger partial charge in [-0.25, -0.2) is 13.9 Å². The van der Waals surface area contributed by atoms with Crippen molar-refractivity contribution in [2.45, 2.75) is 84.5 Å². The van der Waals surface area contributed by atoms with Crippen LogP contribution >= 0.6 is 0 Å². The van der Waals surface area contributed by atoms with Gasteiger partial charge in [-0.2, -0.15) is 0 Å². The first-order valence-corrected chi connectivity index (χ1v) is 12.1. The van der Waals surface area contributed by atoms with Crippen molar-refractivity contribution in [1.29, 1.82) is 0 Å². The summed E-state index contributed by atoms with van der Waals surface area (Å²) in [6.07, 6.45) is 5.53. The zero-order valence-electron chi connectivity index (χ0n) is 20.0. The van der Waals surface area contributed by atoms with Gasteiger partial charge in [0.1, 0.15) is 6.54 Å². The summed E-state index contributed by atoms with van der Waals surface area (Å²) in [4.78, 5) is 51.8. The Morgan fingerprint density at radius 1 is 1.18 bits per heavy atom. The van der Waals surface area contributed by atoms with Crippen LogP contribution in [0, 0.1) is 0 Å². The van der Waals surface area contributed by atoms with E-state index in [0.717, 1.165) is 36.8 Å². The molecule has 3 aromatic rings. The van der Waals surface area contributed by atoms with E-state index in [9.17, 15) is 19.2 Å². The van der Waals surface area contributed by atoms with E-state index in [-0.39, 0.29) is 41.8 Å². The van der Waals surface area contributed by atoms with E-state index in [1.54, 1.807) is 18.2 Å². The lowest BCUT2D eigenvalue weighted by Crippen LogP contribution is -2.37. The van der Waals surface area contributed by atoms with E-state index in [4.69, 9.17) is 0 Å². The number of aryl methyl sites for hydroxylation is 1. The summed E-state index contributed by atoms with van der Waals surface area (Å²) in [7, 11) is 0. The predicted molar refractivity (Wildman–Crippen MR) is 129 cm³/mol. The van der Waals surface area contributed by atoms with Crippen molar-refractivity contribution in [2.24, 2.45) is 0 Å². The van der Waals surface area contributed by atoms with Crippen molar-refractivity contribution in [2.75, 3.05) is 0 Å². The highest BCUT2D eigenvalue weighted by Gasteiger charge is 2.22. The van der Waals surface area contributed by atoms with Crippen LogP contribution in [0.4, 0.5) is 0 Å². The molecule has 1 aliphatic carbocycles. The fourth-order valence-electron chi connectivity index (χ4n) is 4.48. The molecule has 182 valence electrons. The first kappa shape index (κ1) is 23.7. The van der Waals surface area contributed by atoms with Crippen LogP contribution in [-0.2, 0) is 17.9 Å². The molecule has 2 N–H and O–H groups in total. The molecule has 2 heterocycles. The van der Waals surface area contributed by atoms with Gasteiger partial charge < -0.3 is 10.6 Å². The van der Waals surface area contributed by atoms with Gasteiger partial charge in [0.15, 0.2) is 0 Å². The Labute approximate surface area is 196 Å². The smallest absolute Gasteiger partial charge is 0.352 e. The monoisotopic (exact) mass is 468 g/mol. The maximum Gasteiger partial charge on any atom is 0.352 e. The molecule has 1 unspecified atom stereocenters. The van der Waals surface area contributed by atoms with Gasteiger partial charge in [0, 0.05) is 24.2 Å². The maximum atomic E-state index is 13.3. The molecule has 10 heteroatoms. The average molecular weight is 469 g/mol. The highest BCUT2D eigenvalue weighted by molar-refractivity contribution is 5.98. The molecule has 0 aliphatic heterocycles. The number of nitrogens with zero attached hydrogens (tertiary/aromatic N) is 4. The summed E-state index contributed by atoms with van der Waals surface area (Å²) in [5.41, 5.74) is -0.127. The minimum atomic E-state index is -0.530. The molecule has 1 fully saturated rings. The lowest BCUT2D eigenvalue weighted by Gasteiger charge is -2.13. The molecule has 0 radical (unpaired) electrons. The van der Waals surface area contributed by atoms with Crippen LogP contribution in [0.2, 0.25) is 0 Å². The quantitative estimate of drug-likeness (QED) is 0.523. The molecule has 2 amide bonds. The average Bonchev–Trinajstić information content (AvgIpc) is 3.44. The second-order valence-electron chi connectivity index (χ2n) is 9.10. The van der Waals surface area contributed by atoms with E-state index in [0.29, 0.717) is 29.4 Å². The molecular formula is C24H32N6O4. The number of amides is 2. The second-order valence-corrected chi connectivity index (χ2v) is 9.10. The fourth-order valence-corrected chi connectivity index (χ4v) is 4.48. The van der Waals surface area contributed by atoms with E-state index in [2.05, 4.69) is 15.7 Å². The third-order valence-electron chi connectivity index (χ3n) is 6.49. The summed E-state index contributed by atoms with van der Waals surface area (Å²) < 4.78 is 3.85. The SMILES string of the molecule is CCCn1c(=O)c2ccc(C(=O)NC3CCCC3)cc2n2c(=O)n(CC(=O)NC(C)CC)nc12. The van der Waals surface area contributed by atoms with Crippen molar-refractivity contribution >= 4 is 28.5 Å². The van der Waals surface area contributed by atoms with Crippen molar-refractivity contribution in [3.8, 4) is 0 Å². The first-order chi connectivity index (χ1) is 16.3. The van der Waals surface area contributed by atoms with Crippen molar-refractivity contribution < 1.29 is 9.59 Å². The number of hydrogen-bond donors (Lipinski definition) is 2. The normalized spacial score (nSPS) is 15.1. The van der Waals surface area contributed by atoms with Gasteiger partial charge in [0.05, 0.1) is 10.9 Å². The standard InChI is InChI=1S/C24H32N6O4/c1-4-12-28-22(33)18-11-10-16(21(32)26-17-8-6-7-9-17)13-19(18)30-23(28)27-29(24(30)34)14-20(31)25-15(3)5-2/h10-11,13,15,17H,4-9,12,14H2,1-3H3,(H,25,31)(H,26,32). The molecule has 0 spiro atoms. The predicted octanol–water partition coefficient (Wildman–Crippen LogP) is 1.81. The Hall–Kier alpha value is -3.43. The lowest BCUT2D eigenvalue weighted by molar-refractivity contribution is -0.122. The molecule has 0 bridgehead atoms. The van der Waals surface area contributed by atoms with Crippen LogP contribution in [0.1, 0.15) is 69.7 Å². The highest BCUT2D eigenvalue weighted by atomic mass is 16.2. The number of aromatic nitrogens is 4. The zero-order valence-corrected chi connectivity index (χ0v) is 20.0. The number of carbonyl (C=O) groups is 2. The third kappa shape index (κ3) is 4.49. The molecule has 1 aliphatic rings. The molecule has 34 heavy (non-hydrogen) atoms. The Bertz CT molecular complexity index is 1350. The zero-order chi connectivity index (χ0) is 24.4. The van der Waals surface area contributed by atoms with Crippen LogP contribution in [0.5, 0.6) is 0 Å². The summed E-state index contributed by atoms with van der Waals surface area (Å²) in [6.45, 7) is 5.89. The Morgan fingerprint density at radius 2 is 1.91 bits per heavy atom. The Morgan fingerprint density at radius 3 is 2.59 bits per heavy atom. The van der Waals surface area contributed by atoms with Gasteiger partial charge in [-0.15, -0.1) is 5.10 Å². The number of fused-ring (bicyclic) bond motifs is 3. The van der Waals surface area contributed by atoms with Crippen LogP contribution in [-0.4, -0.2) is 42.6 Å². The van der Waals surface area contributed by atoms with E-state index < -0.39 is 5.69 Å². The summed E-state index contributed by atoms with van der Waals surface area (Å²) >= 11 is 0. The van der Waals surface area contributed by atoms with Gasteiger partial charge in [-0.3, -0.25) is 19.0 Å². The minimum absolute atomic E-state index is 0.0275. The molecule has 1 saturated carbocycles. The minimum Gasteiger partial charge on any atom is -0.352 e. The molecule has 10 nitrogen and oxygen atoms in total. The number of hydrogen-bond acceptors (Lipinski definition) is 5. The molecule has 1 aromatic carbocycles. The molecule has 0 saturated heterocycles. The summed E-state index contributed by atoms with van der Waals surface area (Å²) in [5.74, 6) is -0.396. The van der Waals surface area contributed by atoms with Gasteiger partial charge >= 0.3 is 5.69 Å². The molecule has 1 atom stereocenters. The van der Waals surface area contributed by atoms with Gasteiger partial charge in [-0.05, 0) is 50.8 Å².